The van der Waals surface area contributed by atoms with Crippen LogP contribution in [0.3, 0.4) is 0 Å². The highest BCUT2D eigenvalue weighted by Gasteiger charge is 2.45. The van der Waals surface area contributed by atoms with Crippen molar-refractivity contribution in [2.45, 2.75) is 51.2 Å². The van der Waals surface area contributed by atoms with Crippen LogP contribution >= 0.6 is 0 Å². The first-order chi connectivity index (χ1) is 13.1. The molecule has 1 aromatic carbocycles. The van der Waals surface area contributed by atoms with Gasteiger partial charge in [-0.15, -0.1) is 0 Å². The van der Waals surface area contributed by atoms with E-state index in [0.717, 1.165) is 60.8 Å². The van der Waals surface area contributed by atoms with Gasteiger partial charge in [0.05, 0.1) is 6.10 Å². The molecular formula is C21H23NO5. The minimum atomic E-state index is -0.244. The number of carbonyl (C=O) groups is 1. The smallest absolute Gasteiger partial charge is 0.339 e. The molecule has 5 rings (SSSR count). The van der Waals surface area contributed by atoms with Crippen LogP contribution in [0.25, 0.3) is 11.0 Å². The number of carbonyl (C=O) groups excluding carboxylic acids is 1. The highest BCUT2D eigenvalue weighted by molar-refractivity contribution is 5.86. The van der Waals surface area contributed by atoms with Crippen LogP contribution in [-0.2, 0) is 22.4 Å². The Kier molecular flexibility index (Phi) is 3.97. The van der Waals surface area contributed by atoms with Crippen molar-refractivity contribution in [3.8, 4) is 5.75 Å². The SMILES string of the molecule is Cc1c(OCC(=O)N[C@@H]2C[C@H]3OCC[C@@H]23)ccc2c3c(c(=O)oc12)CCC3. The fourth-order valence-electron chi connectivity index (χ4n) is 4.77. The molecule has 3 aliphatic rings. The van der Waals surface area contributed by atoms with E-state index in [1.54, 1.807) is 0 Å². The molecule has 6 nitrogen and oxygen atoms in total. The molecule has 27 heavy (non-hydrogen) atoms. The summed E-state index contributed by atoms with van der Waals surface area (Å²) in [5.74, 6) is 0.905. The molecule has 1 saturated heterocycles. The minimum absolute atomic E-state index is 0.0454. The van der Waals surface area contributed by atoms with Gasteiger partial charge < -0.3 is 19.2 Å². The fourth-order valence-corrected chi connectivity index (χ4v) is 4.77. The molecule has 2 heterocycles. The standard InChI is InChI=1S/C21H23NO5/c1-11-17(26-10-19(23)22-16-9-18-15(16)7-8-25-18)6-5-13-12-3-2-4-14(12)21(24)27-20(11)13/h5-6,15-16,18H,2-4,7-10H2,1H3,(H,22,23)/t15-,16+,18+/m0/s1. The molecule has 2 aliphatic carbocycles. The lowest BCUT2D eigenvalue weighted by Crippen LogP contribution is -2.54. The average molecular weight is 369 g/mol. The summed E-state index contributed by atoms with van der Waals surface area (Å²) < 4.78 is 16.9. The fraction of sp³-hybridized carbons (Fsp3) is 0.524. The Morgan fingerprint density at radius 2 is 2.15 bits per heavy atom. The Hall–Kier alpha value is -2.34. The van der Waals surface area contributed by atoms with Crippen LogP contribution in [0, 0.1) is 12.8 Å². The van der Waals surface area contributed by atoms with E-state index in [2.05, 4.69) is 5.32 Å². The lowest BCUT2D eigenvalue weighted by molar-refractivity contribution is -0.126. The van der Waals surface area contributed by atoms with Gasteiger partial charge in [0.15, 0.2) is 6.61 Å². The zero-order chi connectivity index (χ0) is 18.5. The van der Waals surface area contributed by atoms with Crippen LogP contribution in [0.4, 0.5) is 0 Å². The lowest BCUT2D eigenvalue weighted by atomic mass is 9.76. The third-order valence-corrected chi connectivity index (χ3v) is 6.31. The van der Waals surface area contributed by atoms with E-state index >= 15 is 0 Å². The molecule has 0 spiro atoms. The van der Waals surface area contributed by atoms with Gasteiger partial charge in [-0.1, -0.05) is 0 Å². The molecule has 1 aliphatic heterocycles. The number of nitrogens with one attached hydrogen (secondary N) is 1. The highest BCUT2D eigenvalue weighted by atomic mass is 16.5. The molecule has 1 N–H and O–H groups in total. The van der Waals surface area contributed by atoms with Crippen LogP contribution in [0.2, 0.25) is 0 Å². The Bertz CT molecular complexity index is 979. The molecule has 0 unspecified atom stereocenters. The van der Waals surface area contributed by atoms with E-state index < -0.39 is 0 Å². The molecule has 0 bridgehead atoms. The molecule has 142 valence electrons. The van der Waals surface area contributed by atoms with Crippen molar-refractivity contribution in [1.82, 2.24) is 5.32 Å². The van der Waals surface area contributed by atoms with Crippen LogP contribution in [0.15, 0.2) is 21.3 Å². The van der Waals surface area contributed by atoms with E-state index in [9.17, 15) is 9.59 Å². The molecule has 2 fully saturated rings. The number of aryl methyl sites for hydroxylation is 2. The lowest BCUT2D eigenvalue weighted by Gasteiger charge is -2.39. The summed E-state index contributed by atoms with van der Waals surface area (Å²) in [6.45, 7) is 2.62. The van der Waals surface area contributed by atoms with Gasteiger partial charge in [-0.25, -0.2) is 4.79 Å². The second-order valence-electron chi connectivity index (χ2n) is 7.83. The topological polar surface area (TPSA) is 77.8 Å². The number of hydrogen-bond acceptors (Lipinski definition) is 5. The summed E-state index contributed by atoms with van der Waals surface area (Å²) in [5, 5.41) is 4.02. The van der Waals surface area contributed by atoms with Gasteiger partial charge in [0.2, 0.25) is 0 Å². The molecule has 0 radical (unpaired) electrons. The van der Waals surface area contributed by atoms with Crippen molar-refractivity contribution in [3.63, 3.8) is 0 Å². The summed E-state index contributed by atoms with van der Waals surface area (Å²) in [6, 6.07) is 4.01. The first kappa shape index (κ1) is 16.8. The van der Waals surface area contributed by atoms with Crippen molar-refractivity contribution in [1.29, 1.82) is 0 Å². The Morgan fingerprint density at radius 1 is 1.30 bits per heavy atom. The van der Waals surface area contributed by atoms with Gasteiger partial charge in [-0.05, 0) is 56.7 Å². The molecule has 3 atom stereocenters. The molecule has 2 aromatic rings. The van der Waals surface area contributed by atoms with Crippen LogP contribution in [0.1, 0.15) is 36.0 Å². The summed E-state index contributed by atoms with van der Waals surface area (Å²) in [6.07, 6.45) is 4.92. The third kappa shape index (κ3) is 2.74. The predicted molar refractivity (Wildman–Crippen MR) is 99.1 cm³/mol. The monoisotopic (exact) mass is 369 g/mol. The van der Waals surface area contributed by atoms with Gasteiger partial charge in [0.25, 0.3) is 5.91 Å². The normalized spacial score (nSPS) is 25.7. The second-order valence-corrected chi connectivity index (χ2v) is 7.83. The maximum atomic E-state index is 12.2. The zero-order valence-electron chi connectivity index (χ0n) is 15.4. The third-order valence-electron chi connectivity index (χ3n) is 6.31. The van der Waals surface area contributed by atoms with E-state index in [4.69, 9.17) is 13.9 Å². The number of fused-ring (bicyclic) bond motifs is 4. The van der Waals surface area contributed by atoms with Gasteiger partial charge >= 0.3 is 5.63 Å². The summed E-state index contributed by atoms with van der Waals surface area (Å²) in [7, 11) is 0. The zero-order valence-corrected chi connectivity index (χ0v) is 15.4. The van der Waals surface area contributed by atoms with Crippen LogP contribution in [0.5, 0.6) is 5.75 Å². The number of ether oxygens (including phenoxy) is 2. The highest BCUT2D eigenvalue weighted by Crippen LogP contribution is 2.38. The van der Waals surface area contributed by atoms with E-state index in [1.807, 2.05) is 19.1 Å². The Balaban J connectivity index is 1.30. The summed E-state index contributed by atoms with van der Waals surface area (Å²) >= 11 is 0. The Labute approximate surface area is 156 Å². The number of rotatable bonds is 4. The Morgan fingerprint density at radius 3 is 3.00 bits per heavy atom. The number of benzene rings is 1. The quantitative estimate of drug-likeness (QED) is 0.837. The number of hydrogen-bond donors (Lipinski definition) is 1. The first-order valence-corrected chi connectivity index (χ1v) is 9.74. The molecule has 1 saturated carbocycles. The van der Waals surface area contributed by atoms with E-state index in [1.165, 1.54) is 0 Å². The van der Waals surface area contributed by atoms with Gasteiger partial charge in [0, 0.05) is 35.1 Å². The maximum Gasteiger partial charge on any atom is 0.339 e. The van der Waals surface area contributed by atoms with Crippen molar-refractivity contribution in [2.24, 2.45) is 5.92 Å². The van der Waals surface area contributed by atoms with Crippen molar-refractivity contribution in [2.75, 3.05) is 13.2 Å². The molecule has 1 amide bonds. The largest absolute Gasteiger partial charge is 0.483 e. The van der Waals surface area contributed by atoms with Crippen LogP contribution in [-0.4, -0.2) is 31.3 Å². The van der Waals surface area contributed by atoms with Gasteiger partial charge in [-0.3, -0.25) is 4.79 Å². The predicted octanol–water partition coefficient (Wildman–Crippen LogP) is 2.26. The van der Waals surface area contributed by atoms with Gasteiger partial charge in [-0.2, -0.15) is 0 Å². The number of amides is 1. The van der Waals surface area contributed by atoms with Crippen molar-refractivity contribution in [3.05, 3.63) is 39.2 Å². The first-order valence-electron chi connectivity index (χ1n) is 9.74. The van der Waals surface area contributed by atoms with E-state index in [-0.39, 0.29) is 24.2 Å². The maximum absolute atomic E-state index is 12.2. The molecule has 1 aromatic heterocycles. The summed E-state index contributed by atoms with van der Waals surface area (Å²) in [4.78, 5) is 24.5. The molecular weight excluding hydrogens is 346 g/mol. The second kappa shape index (κ2) is 6.37. The average Bonchev–Trinajstić information content (AvgIpc) is 3.27. The van der Waals surface area contributed by atoms with Crippen molar-refractivity contribution < 1.29 is 18.7 Å². The van der Waals surface area contributed by atoms with E-state index in [0.29, 0.717) is 23.4 Å². The molecule has 6 heteroatoms. The van der Waals surface area contributed by atoms with Crippen molar-refractivity contribution >= 4 is 16.9 Å². The van der Waals surface area contributed by atoms with Gasteiger partial charge in [0.1, 0.15) is 11.3 Å². The minimum Gasteiger partial charge on any atom is -0.483 e. The summed E-state index contributed by atoms with van der Waals surface area (Å²) in [5.41, 5.74) is 3.01. The van der Waals surface area contributed by atoms with Crippen LogP contribution < -0.4 is 15.7 Å².